The van der Waals surface area contributed by atoms with Gasteiger partial charge in [-0.2, -0.15) is 5.26 Å². The molecule has 172 valence electrons. The Morgan fingerprint density at radius 2 is 1.62 bits per heavy atom. The molecule has 3 aromatic carbocycles. The first-order chi connectivity index (χ1) is 16.6. The van der Waals surface area contributed by atoms with Gasteiger partial charge in [0.2, 0.25) is 0 Å². The summed E-state index contributed by atoms with van der Waals surface area (Å²) in [5, 5.41) is 9.60. The number of benzene rings is 3. The van der Waals surface area contributed by atoms with E-state index in [0.717, 1.165) is 11.1 Å². The maximum Gasteiger partial charge on any atom is 0.336 e. The van der Waals surface area contributed by atoms with E-state index in [1.54, 1.807) is 68.8 Å². The predicted octanol–water partition coefficient (Wildman–Crippen LogP) is 5.79. The van der Waals surface area contributed by atoms with Gasteiger partial charge in [-0.3, -0.25) is 0 Å². The van der Waals surface area contributed by atoms with Crippen LogP contribution >= 0.6 is 0 Å². The van der Waals surface area contributed by atoms with Crippen molar-refractivity contribution in [1.29, 1.82) is 5.26 Å². The van der Waals surface area contributed by atoms with Gasteiger partial charge in [0.1, 0.15) is 11.5 Å². The SMILES string of the molecule is CCOc1ccc(/C=C/C(=O)Oc2ccc(/C=C(/C#N)c3ccccc3OC)cc2)cc1OC. The molecule has 0 radical (unpaired) electrons. The molecule has 3 rings (SSSR count). The van der Waals surface area contributed by atoms with Crippen LogP contribution in [0.15, 0.2) is 72.8 Å². The van der Waals surface area contributed by atoms with Gasteiger partial charge in [0.25, 0.3) is 0 Å². The zero-order valence-electron chi connectivity index (χ0n) is 19.3. The van der Waals surface area contributed by atoms with Crippen molar-refractivity contribution < 1.29 is 23.7 Å². The summed E-state index contributed by atoms with van der Waals surface area (Å²) in [7, 11) is 3.13. The molecule has 0 spiro atoms. The van der Waals surface area contributed by atoms with E-state index >= 15 is 0 Å². The molecular formula is C28H25NO5. The van der Waals surface area contributed by atoms with Crippen molar-refractivity contribution in [2.45, 2.75) is 6.92 Å². The predicted molar refractivity (Wildman–Crippen MR) is 132 cm³/mol. The third kappa shape index (κ3) is 6.27. The van der Waals surface area contributed by atoms with Crippen molar-refractivity contribution in [3.05, 3.63) is 89.5 Å². The Kier molecular flexibility index (Phi) is 8.48. The van der Waals surface area contributed by atoms with Gasteiger partial charge in [-0.15, -0.1) is 0 Å². The largest absolute Gasteiger partial charge is 0.496 e. The van der Waals surface area contributed by atoms with Crippen LogP contribution in [-0.4, -0.2) is 26.8 Å². The van der Waals surface area contributed by atoms with Crippen LogP contribution in [0.25, 0.3) is 17.7 Å². The molecule has 0 heterocycles. The van der Waals surface area contributed by atoms with Gasteiger partial charge < -0.3 is 18.9 Å². The number of esters is 1. The minimum absolute atomic E-state index is 0.395. The van der Waals surface area contributed by atoms with E-state index in [2.05, 4.69) is 6.07 Å². The average molecular weight is 456 g/mol. The standard InChI is InChI=1S/C28H25NO5/c1-4-33-26-15-11-21(18-27(26)32-3)12-16-28(30)34-23-13-9-20(10-14-23)17-22(19-29)24-7-5-6-8-25(24)31-2/h5-18H,4H2,1-3H3/b16-12+,22-17-. The van der Waals surface area contributed by atoms with E-state index in [9.17, 15) is 10.1 Å². The van der Waals surface area contributed by atoms with E-state index < -0.39 is 5.97 Å². The number of allylic oxidation sites excluding steroid dienone is 1. The Balaban J connectivity index is 1.68. The van der Waals surface area contributed by atoms with Crippen LogP contribution in [0.1, 0.15) is 23.6 Å². The Labute approximate surface area is 199 Å². The number of hydrogen-bond acceptors (Lipinski definition) is 6. The molecule has 0 N–H and O–H groups in total. The molecule has 6 nitrogen and oxygen atoms in total. The Morgan fingerprint density at radius 1 is 0.912 bits per heavy atom. The molecule has 0 aliphatic carbocycles. The Hall–Kier alpha value is -4.50. The highest BCUT2D eigenvalue weighted by Crippen LogP contribution is 2.29. The van der Waals surface area contributed by atoms with Gasteiger partial charge >= 0.3 is 5.97 Å². The van der Waals surface area contributed by atoms with Crippen LogP contribution < -0.4 is 18.9 Å². The highest BCUT2D eigenvalue weighted by Gasteiger charge is 2.08. The summed E-state index contributed by atoms with van der Waals surface area (Å²) >= 11 is 0. The lowest BCUT2D eigenvalue weighted by atomic mass is 10.0. The van der Waals surface area contributed by atoms with Crippen molar-refractivity contribution in [3.8, 4) is 29.1 Å². The molecule has 0 bridgehead atoms. The molecule has 0 saturated carbocycles. The minimum atomic E-state index is -0.511. The lowest BCUT2D eigenvalue weighted by Crippen LogP contribution is -2.03. The molecule has 34 heavy (non-hydrogen) atoms. The number of carbonyl (C=O) groups is 1. The van der Waals surface area contributed by atoms with Crippen LogP contribution in [0.5, 0.6) is 23.0 Å². The van der Waals surface area contributed by atoms with Gasteiger partial charge in [0, 0.05) is 11.6 Å². The van der Waals surface area contributed by atoms with Crippen LogP contribution in [-0.2, 0) is 4.79 Å². The quantitative estimate of drug-likeness (QED) is 0.134. The summed E-state index contributed by atoms with van der Waals surface area (Å²) in [6, 6.07) is 21.8. The van der Waals surface area contributed by atoms with Crippen LogP contribution in [0.2, 0.25) is 0 Å². The molecular weight excluding hydrogens is 430 g/mol. The summed E-state index contributed by atoms with van der Waals surface area (Å²) in [6.45, 7) is 2.43. The summed E-state index contributed by atoms with van der Waals surface area (Å²) < 4.78 is 21.5. The molecule has 0 amide bonds. The molecule has 0 aliphatic heterocycles. The smallest absolute Gasteiger partial charge is 0.336 e. The zero-order chi connectivity index (χ0) is 24.3. The van der Waals surface area contributed by atoms with Crippen molar-refractivity contribution in [2.75, 3.05) is 20.8 Å². The van der Waals surface area contributed by atoms with Gasteiger partial charge in [-0.05, 0) is 66.6 Å². The molecule has 0 aromatic heterocycles. The van der Waals surface area contributed by atoms with Crippen LogP contribution in [0.4, 0.5) is 0 Å². The lowest BCUT2D eigenvalue weighted by molar-refractivity contribution is -0.128. The Morgan fingerprint density at radius 3 is 2.29 bits per heavy atom. The number of nitrogens with zero attached hydrogens (tertiary/aromatic N) is 1. The molecule has 0 unspecified atom stereocenters. The fourth-order valence-electron chi connectivity index (χ4n) is 3.21. The first-order valence-corrected chi connectivity index (χ1v) is 10.6. The van der Waals surface area contributed by atoms with E-state index in [0.29, 0.717) is 40.7 Å². The summed E-state index contributed by atoms with van der Waals surface area (Å²) in [5.41, 5.74) is 2.74. The second-order valence-corrected chi connectivity index (χ2v) is 7.04. The molecule has 6 heteroatoms. The van der Waals surface area contributed by atoms with Gasteiger partial charge in [-0.25, -0.2) is 4.79 Å². The second kappa shape index (κ2) is 11.9. The maximum atomic E-state index is 12.2. The van der Waals surface area contributed by atoms with Crippen molar-refractivity contribution in [1.82, 2.24) is 0 Å². The van der Waals surface area contributed by atoms with Crippen LogP contribution in [0.3, 0.4) is 0 Å². The third-order valence-corrected chi connectivity index (χ3v) is 4.83. The van der Waals surface area contributed by atoms with Gasteiger partial charge in [-0.1, -0.05) is 30.3 Å². The van der Waals surface area contributed by atoms with Gasteiger partial charge in [0.05, 0.1) is 32.5 Å². The first kappa shape index (κ1) is 24.1. The Bertz CT molecular complexity index is 1240. The lowest BCUT2D eigenvalue weighted by Gasteiger charge is -2.09. The summed E-state index contributed by atoms with van der Waals surface area (Å²) in [4.78, 5) is 12.2. The van der Waals surface area contributed by atoms with Crippen molar-refractivity contribution in [3.63, 3.8) is 0 Å². The second-order valence-electron chi connectivity index (χ2n) is 7.04. The minimum Gasteiger partial charge on any atom is -0.496 e. The maximum absolute atomic E-state index is 12.2. The van der Waals surface area contributed by atoms with Crippen molar-refractivity contribution >= 4 is 23.7 Å². The fourth-order valence-corrected chi connectivity index (χ4v) is 3.21. The van der Waals surface area contributed by atoms with E-state index in [4.69, 9.17) is 18.9 Å². The summed E-state index contributed by atoms with van der Waals surface area (Å²) in [5.74, 6) is 1.74. The molecule has 0 saturated heterocycles. The first-order valence-electron chi connectivity index (χ1n) is 10.6. The monoisotopic (exact) mass is 455 g/mol. The van der Waals surface area contributed by atoms with Crippen molar-refractivity contribution in [2.24, 2.45) is 0 Å². The third-order valence-electron chi connectivity index (χ3n) is 4.83. The number of nitriles is 1. The molecule has 3 aromatic rings. The van der Waals surface area contributed by atoms with Crippen LogP contribution in [0, 0.1) is 11.3 Å². The normalized spacial score (nSPS) is 11.1. The topological polar surface area (TPSA) is 77.8 Å². The number of rotatable bonds is 9. The van der Waals surface area contributed by atoms with E-state index in [1.807, 2.05) is 31.2 Å². The zero-order valence-corrected chi connectivity index (χ0v) is 19.3. The number of methoxy groups -OCH3 is 2. The highest BCUT2D eigenvalue weighted by molar-refractivity contribution is 5.92. The average Bonchev–Trinajstić information content (AvgIpc) is 2.87. The number of hydrogen-bond donors (Lipinski definition) is 0. The summed E-state index contributed by atoms with van der Waals surface area (Å²) in [6.07, 6.45) is 4.74. The molecule has 0 fully saturated rings. The number of para-hydroxylation sites is 1. The van der Waals surface area contributed by atoms with Gasteiger partial charge in [0.15, 0.2) is 11.5 Å². The fraction of sp³-hybridized carbons (Fsp3) is 0.143. The number of carbonyl (C=O) groups excluding carboxylic acids is 1. The number of ether oxygens (including phenoxy) is 4. The molecule has 0 aliphatic rings. The highest BCUT2D eigenvalue weighted by atomic mass is 16.5. The molecule has 0 atom stereocenters. The van der Waals surface area contributed by atoms with E-state index in [1.165, 1.54) is 6.08 Å². The van der Waals surface area contributed by atoms with E-state index in [-0.39, 0.29) is 0 Å².